The molecule has 0 fully saturated rings. The molecule has 0 bridgehead atoms. The molecule has 0 spiro atoms. The van der Waals surface area contributed by atoms with E-state index in [0.29, 0.717) is 11.7 Å². The minimum absolute atomic E-state index is 0.109. The van der Waals surface area contributed by atoms with Gasteiger partial charge in [0.05, 0.1) is 5.75 Å². The Bertz CT molecular complexity index is 640. The molecule has 1 N–H and O–H groups in total. The van der Waals surface area contributed by atoms with Crippen molar-refractivity contribution in [1.29, 1.82) is 0 Å². The normalized spacial score (nSPS) is 10.4. The summed E-state index contributed by atoms with van der Waals surface area (Å²) >= 11 is 1.06. The number of thioether (sulfide) groups is 1. The van der Waals surface area contributed by atoms with Crippen LogP contribution >= 0.6 is 11.8 Å². The Morgan fingerprint density at radius 1 is 1.25 bits per heavy atom. The number of carbonyl (C=O) groups is 1. The van der Waals surface area contributed by atoms with Crippen LogP contribution in [-0.4, -0.2) is 26.4 Å². The molecular formula is C14H14N2O3S. The molecule has 0 amide bonds. The first-order chi connectivity index (χ1) is 9.65. The maximum atomic E-state index is 11.3. The molecule has 1 heterocycles. The van der Waals surface area contributed by atoms with Crippen LogP contribution < -0.4 is 5.56 Å². The summed E-state index contributed by atoms with van der Waals surface area (Å²) in [6.07, 6.45) is 2.45. The molecule has 2 rings (SSSR count). The lowest BCUT2D eigenvalue weighted by atomic mass is 10.1. The van der Waals surface area contributed by atoms with E-state index in [9.17, 15) is 9.59 Å². The molecular weight excluding hydrogens is 276 g/mol. The van der Waals surface area contributed by atoms with Gasteiger partial charge < -0.3 is 9.67 Å². The molecule has 5 nitrogen and oxygen atoms in total. The number of carboxylic acid groups (broad SMARTS) is 1. The molecule has 20 heavy (non-hydrogen) atoms. The van der Waals surface area contributed by atoms with Gasteiger partial charge in [-0.1, -0.05) is 42.1 Å². The number of aliphatic carboxylic acids is 1. The quantitative estimate of drug-likeness (QED) is 0.647. The van der Waals surface area contributed by atoms with Crippen molar-refractivity contribution >= 4 is 17.7 Å². The Morgan fingerprint density at radius 3 is 2.70 bits per heavy atom. The summed E-state index contributed by atoms with van der Waals surface area (Å²) in [4.78, 5) is 25.8. The maximum Gasteiger partial charge on any atom is 0.313 e. The molecule has 1 aromatic carbocycles. The minimum Gasteiger partial charge on any atom is -0.481 e. The van der Waals surface area contributed by atoms with E-state index in [0.717, 1.165) is 18.2 Å². The van der Waals surface area contributed by atoms with E-state index in [2.05, 4.69) is 4.98 Å². The fraction of sp³-hybridized carbons (Fsp3) is 0.214. The highest BCUT2D eigenvalue weighted by molar-refractivity contribution is 7.99. The van der Waals surface area contributed by atoms with Crippen molar-refractivity contribution in [3.8, 4) is 0 Å². The summed E-state index contributed by atoms with van der Waals surface area (Å²) in [7, 11) is 0. The van der Waals surface area contributed by atoms with E-state index in [4.69, 9.17) is 5.11 Å². The molecule has 1 aromatic heterocycles. The average Bonchev–Trinajstić information content (AvgIpc) is 2.45. The molecule has 0 radical (unpaired) electrons. The number of rotatable bonds is 6. The highest BCUT2D eigenvalue weighted by Gasteiger charge is 2.07. The number of aromatic nitrogens is 2. The van der Waals surface area contributed by atoms with E-state index >= 15 is 0 Å². The number of nitrogens with zero attached hydrogens (tertiary/aromatic N) is 2. The van der Waals surface area contributed by atoms with Crippen molar-refractivity contribution in [3.05, 3.63) is 58.5 Å². The second-order valence-corrected chi connectivity index (χ2v) is 5.10. The van der Waals surface area contributed by atoms with Gasteiger partial charge in [0.2, 0.25) is 0 Å². The van der Waals surface area contributed by atoms with E-state index < -0.39 is 5.97 Å². The molecule has 6 heteroatoms. The van der Waals surface area contributed by atoms with Crippen molar-refractivity contribution in [2.24, 2.45) is 0 Å². The standard InChI is InChI=1S/C14H14N2O3S/c17-12-7-9-16(14(15-12)20-10-13(18)19)8-6-11-4-2-1-3-5-11/h1-5,7,9H,6,8,10H2,(H,18,19). The van der Waals surface area contributed by atoms with Crippen LogP contribution in [0.15, 0.2) is 52.5 Å². The lowest BCUT2D eigenvalue weighted by molar-refractivity contribution is -0.133. The van der Waals surface area contributed by atoms with E-state index in [1.165, 1.54) is 11.6 Å². The van der Waals surface area contributed by atoms with Gasteiger partial charge >= 0.3 is 5.97 Å². The van der Waals surface area contributed by atoms with Crippen LogP contribution in [0.4, 0.5) is 0 Å². The fourth-order valence-corrected chi connectivity index (χ4v) is 2.44. The zero-order valence-electron chi connectivity index (χ0n) is 10.7. The predicted molar refractivity (Wildman–Crippen MR) is 77.0 cm³/mol. The van der Waals surface area contributed by atoms with Crippen molar-refractivity contribution in [3.63, 3.8) is 0 Å². The van der Waals surface area contributed by atoms with Crippen LogP contribution in [0.25, 0.3) is 0 Å². The molecule has 0 saturated carbocycles. The lowest BCUT2D eigenvalue weighted by Crippen LogP contribution is -2.15. The average molecular weight is 290 g/mol. The van der Waals surface area contributed by atoms with Crippen molar-refractivity contribution in [2.75, 3.05) is 5.75 Å². The highest BCUT2D eigenvalue weighted by Crippen LogP contribution is 2.14. The molecule has 0 atom stereocenters. The number of benzene rings is 1. The summed E-state index contributed by atoms with van der Waals surface area (Å²) in [5.41, 5.74) is 0.828. The van der Waals surface area contributed by atoms with Gasteiger partial charge in [0.25, 0.3) is 5.56 Å². The SMILES string of the molecule is O=C(O)CSc1nc(=O)ccn1CCc1ccccc1. The molecule has 0 aliphatic carbocycles. The van der Waals surface area contributed by atoms with Crippen LogP contribution in [0.3, 0.4) is 0 Å². The third kappa shape index (κ3) is 4.24. The highest BCUT2D eigenvalue weighted by atomic mass is 32.2. The van der Waals surface area contributed by atoms with Crippen LogP contribution in [0.1, 0.15) is 5.56 Å². The first-order valence-electron chi connectivity index (χ1n) is 6.11. The van der Waals surface area contributed by atoms with Crippen LogP contribution in [-0.2, 0) is 17.8 Å². The Balaban J connectivity index is 2.10. The van der Waals surface area contributed by atoms with E-state index in [-0.39, 0.29) is 11.3 Å². The largest absolute Gasteiger partial charge is 0.481 e. The zero-order chi connectivity index (χ0) is 14.4. The maximum absolute atomic E-state index is 11.3. The lowest BCUT2D eigenvalue weighted by Gasteiger charge is -2.10. The molecule has 104 valence electrons. The molecule has 0 saturated heterocycles. The molecule has 0 aliphatic heterocycles. The van der Waals surface area contributed by atoms with Crippen LogP contribution in [0.5, 0.6) is 0 Å². The summed E-state index contributed by atoms with van der Waals surface area (Å²) in [5.74, 6) is -1.04. The molecule has 0 unspecified atom stereocenters. The van der Waals surface area contributed by atoms with Gasteiger partial charge in [0.15, 0.2) is 5.16 Å². The number of aryl methyl sites for hydroxylation is 2. The Labute approximate surface area is 120 Å². The van der Waals surface area contributed by atoms with E-state index in [1.54, 1.807) is 6.20 Å². The summed E-state index contributed by atoms with van der Waals surface area (Å²) in [6.45, 7) is 0.652. The van der Waals surface area contributed by atoms with Crippen molar-refractivity contribution in [2.45, 2.75) is 18.1 Å². The van der Waals surface area contributed by atoms with Gasteiger partial charge in [-0.3, -0.25) is 9.59 Å². The van der Waals surface area contributed by atoms with Crippen molar-refractivity contribution in [1.82, 2.24) is 9.55 Å². The third-order valence-corrected chi connectivity index (χ3v) is 3.63. The van der Waals surface area contributed by atoms with Gasteiger partial charge in [-0.05, 0) is 12.0 Å². The van der Waals surface area contributed by atoms with Gasteiger partial charge in [0.1, 0.15) is 0 Å². The van der Waals surface area contributed by atoms with Crippen molar-refractivity contribution < 1.29 is 9.90 Å². The Hall–Kier alpha value is -2.08. The van der Waals surface area contributed by atoms with Gasteiger partial charge in [-0.25, -0.2) is 0 Å². The minimum atomic E-state index is -0.928. The first kappa shape index (κ1) is 14.3. The monoisotopic (exact) mass is 290 g/mol. The second-order valence-electron chi connectivity index (χ2n) is 4.16. The predicted octanol–water partition coefficient (Wildman–Crippen LogP) is 1.66. The number of carboxylic acids is 1. The summed E-state index contributed by atoms with van der Waals surface area (Å²) in [5, 5.41) is 9.15. The topological polar surface area (TPSA) is 72.2 Å². The van der Waals surface area contributed by atoms with Gasteiger partial charge in [0, 0.05) is 18.8 Å². The molecule has 2 aromatic rings. The van der Waals surface area contributed by atoms with Gasteiger partial charge in [-0.15, -0.1) is 0 Å². The fourth-order valence-electron chi connectivity index (χ4n) is 1.72. The number of hydrogen-bond donors (Lipinski definition) is 1. The first-order valence-corrected chi connectivity index (χ1v) is 7.10. The van der Waals surface area contributed by atoms with Crippen LogP contribution in [0, 0.1) is 0 Å². The molecule has 0 aliphatic rings. The van der Waals surface area contributed by atoms with Gasteiger partial charge in [-0.2, -0.15) is 4.98 Å². The third-order valence-electron chi connectivity index (χ3n) is 2.66. The summed E-state index contributed by atoms with van der Waals surface area (Å²) in [6, 6.07) is 11.3. The summed E-state index contributed by atoms with van der Waals surface area (Å²) < 4.78 is 1.81. The van der Waals surface area contributed by atoms with Crippen LogP contribution in [0.2, 0.25) is 0 Å². The Morgan fingerprint density at radius 2 is 2.00 bits per heavy atom. The number of hydrogen-bond acceptors (Lipinski definition) is 4. The smallest absolute Gasteiger partial charge is 0.313 e. The zero-order valence-corrected chi connectivity index (χ0v) is 11.5. The Kier molecular flexibility index (Phi) is 4.95. The second kappa shape index (κ2) is 6.91. The van der Waals surface area contributed by atoms with E-state index in [1.807, 2.05) is 34.9 Å².